The van der Waals surface area contributed by atoms with Crippen molar-refractivity contribution in [2.24, 2.45) is 5.92 Å². The lowest BCUT2D eigenvalue weighted by Crippen LogP contribution is -2.27. The first-order valence-corrected chi connectivity index (χ1v) is 7.76. The highest BCUT2D eigenvalue weighted by molar-refractivity contribution is 6.30. The van der Waals surface area contributed by atoms with Crippen molar-refractivity contribution < 1.29 is 9.63 Å². The predicted molar refractivity (Wildman–Crippen MR) is 83.0 cm³/mol. The van der Waals surface area contributed by atoms with E-state index in [4.69, 9.17) is 16.4 Å². The predicted octanol–water partition coefficient (Wildman–Crippen LogP) is 4.34. The largest absolute Gasteiger partial charge is 0.337 e. The van der Waals surface area contributed by atoms with Gasteiger partial charge in [0.2, 0.25) is 0 Å². The van der Waals surface area contributed by atoms with Gasteiger partial charge in [-0.05, 0) is 36.6 Å². The minimum Gasteiger partial charge on any atom is -0.337 e. The van der Waals surface area contributed by atoms with Crippen molar-refractivity contribution >= 4 is 17.6 Å². The molecule has 0 N–H and O–H groups in total. The number of carbonyl (C=O) groups is 1. The van der Waals surface area contributed by atoms with Crippen molar-refractivity contribution in [3.05, 3.63) is 47.7 Å². The third-order valence-corrected chi connectivity index (χ3v) is 4.23. The van der Waals surface area contributed by atoms with E-state index in [1.807, 2.05) is 36.5 Å². The van der Waals surface area contributed by atoms with Crippen molar-refractivity contribution in [2.45, 2.75) is 32.1 Å². The van der Waals surface area contributed by atoms with E-state index in [1.165, 1.54) is 11.2 Å². The minimum atomic E-state index is -0.118. The standard InChI is InChI=1S/C17H18ClNO2/c18-16-8-6-13(7-9-16)15-10-11-19(12-15)21-17(20)14-4-2-1-3-5-14/h6-12,14H,1-5H2. The van der Waals surface area contributed by atoms with Gasteiger partial charge in [0, 0.05) is 16.8 Å². The lowest BCUT2D eigenvalue weighted by atomic mass is 9.89. The average molecular weight is 304 g/mol. The molecule has 0 spiro atoms. The van der Waals surface area contributed by atoms with Crippen molar-refractivity contribution in [3.63, 3.8) is 0 Å². The highest BCUT2D eigenvalue weighted by Gasteiger charge is 2.23. The highest BCUT2D eigenvalue weighted by Crippen LogP contribution is 2.25. The van der Waals surface area contributed by atoms with Crippen molar-refractivity contribution in [1.29, 1.82) is 0 Å². The van der Waals surface area contributed by atoms with Gasteiger partial charge in [0.25, 0.3) is 0 Å². The molecular weight excluding hydrogens is 286 g/mol. The summed E-state index contributed by atoms with van der Waals surface area (Å²) in [5.41, 5.74) is 2.05. The summed E-state index contributed by atoms with van der Waals surface area (Å²) < 4.78 is 1.50. The molecule has 110 valence electrons. The molecule has 0 unspecified atom stereocenters. The number of hydrogen-bond acceptors (Lipinski definition) is 2. The zero-order chi connectivity index (χ0) is 14.7. The van der Waals surface area contributed by atoms with E-state index >= 15 is 0 Å². The Bertz CT molecular complexity index is 612. The van der Waals surface area contributed by atoms with Crippen molar-refractivity contribution in [2.75, 3.05) is 0 Å². The molecule has 1 aromatic carbocycles. The van der Waals surface area contributed by atoms with Crippen LogP contribution >= 0.6 is 11.6 Å². The number of hydrogen-bond donors (Lipinski definition) is 0. The summed E-state index contributed by atoms with van der Waals surface area (Å²) in [4.78, 5) is 17.5. The van der Waals surface area contributed by atoms with Crippen molar-refractivity contribution in [3.8, 4) is 11.1 Å². The van der Waals surface area contributed by atoms with Gasteiger partial charge < -0.3 is 4.84 Å². The molecule has 21 heavy (non-hydrogen) atoms. The number of halogens is 1. The summed E-state index contributed by atoms with van der Waals surface area (Å²) in [5, 5.41) is 0.710. The molecule has 3 rings (SSSR count). The number of nitrogens with zero attached hydrogens (tertiary/aromatic N) is 1. The Morgan fingerprint density at radius 2 is 1.76 bits per heavy atom. The van der Waals surface area contributed by atoms with Crippen LogP contribution in [0.2, 0.25) is 5.02 Å². The first-order valence-electron chi connectivity index (χ1n) is 7.38. The van der Waals surface area contributed by atoms with Crippen molar-refractivity contribution in [1.82, 2.24) is 4.73 Å². The lowest BCUT2D eigenvalue weighted by Gasteiger charge is -2.19. The Morgan fingerprint density at radius 3 is 2.48 bits per heavy atom. The molecule has 1 aliphatic rings. The number of carbonyl (C=O) groups excluding carboxylic acids is 1. The van der Waals surface area contributed by atoms with E-state index in [2.05, 4.69) is 0 Å². The molecular formula is C17H18ClNO2. The van der Waals surface area contributed by atoms with Gasteiger partial charge in [-0.25, -0.2) is 4.79 Å². The van der Waals surface area contributed by atoms with Crippen LogP contribution in [0.15, 0.2) is 42.7 Å². The number of benzene rings is 1. The maximum absolute atomic E-state index is 12.1. The summed E-state index contributed by atoms with van der Waals surface area (Å²) in [6.07, 6.45) is 8.97. The number of rotatable bonds is 3. The first kappa shape index (κ1) is 14.2. The summed E-state index contributed by atoms with van der Waals surface area (Å²) >= 11 is 5.88. The molecule has 0 amide bonds. The van der Waals surface area contributed by atoms with Gasteiger partial charge >= 0.3 is 5.97 Å². The normalized spacial score (nSPS) is 15.9. The molecule has 1 heterocycles. The quantitative estimate of drug-likeness (QED) is 0.844. The Kier molecular flexibility index (Phi) is 4.30. The lowest BCUT2D eigenvalue weighted by molar-refractivity contribution is -0.150. The van der Waals surface area contributed by atoms with Crippen LogP contribution in [0.4, 0.5) is 0 Å². The van der Waals surface area contributed by atoms with E-state index in [0.717, 1.165) is 36.8 Å². The van der Waals surface area contributed by atoms with E-state index in [0.29, 0.717) is 5.02 Å². The molecule has 0 saturated heterocycles. The molecule has 0 radical (unpaired) electrons. The fourth-order valence-corrected chi connectivity index (χ4v) is 2.89. The van der Waals surface area contributed by atoms with Gasteiger partial charge in [0.1, 0.15) is 0 Å². The van der Waals surface area contributed by atoms with Gasteiger partial charge in [0.05, 0.1) is 12.1 Å². The number of aromatic nitrogens is 1. The molecule has 0 atom stereocenters. The third kappa shape index (κ3) is 3.48. The Labute approximate surface area is 129 Å². The fraction of sp³-hybridized carbons (Fsp3) is 0.353. The second-order valence-electron chi connectivity index (χ2n) is 5.51. The highest BCUT2D eigenvalue weighted by atomic mass is 35.5. The van der Waals surface area contributed by atoms with Crippen LogP contribution in [0, 0.1) is 5.92 Å². The summed E-state index contributed by atoms with van der Waals surface area (Å²) in [5.74, 6) is -0.0620. The topological polar surface area (TPSA) is 31.2 Å². The van der Waals surface area contributed by atoms with Crippen LogP contribution in [0.5, 0.6) is 0 Å². The Morgan fingerprint density at radius 1 is 1.05 bits per heavy atom. The van der Waals surface area contributed by atoms with E-state index in [9.17, 15) is 4.79 Å². The molecule has 3 nitrogen and oxygen atoms in total. The summed E-state index contributed by atoms with van der Waals surface area (Å²) in [7, 11) is 0. The summed E-state index contributed by atoms with van der Waals surface area (Å²) in [6, 6.07) is 9.53. The van der Waals surface area contributed by atoms with Gasteiger partial charge in [0.15, 0.2) is 0 Å². The zero-order valence-corrected chi connectivity index (χ0v) is 12.6. The molecule has 1 fully saturated rings. The molecule has 0 aliphatic heterocycles. The molecule has 1 aliphatic carbocycles. The van der Waals surface area contributed by atoms with Gasteiger partial charge in [-0.3, -0.25) is 0 Å². The van der Waals surface area contributed by atoms with Gasteiger partial charge in [-0.2, -0.15) is 4.73 Å². The van der Waals surface area contributed by atoms with Gasteiger partial charge in [-0.1, -0.05) is 43.0 Å². The van der Waals surface area contributed by atoms with Crippen LogP contribution in [0.25, 0.3) is 11.1 Å². The smallest absolute Gasteiger partial charge is 0.335 e. The van der Waals surface area contributed by atoms with Crippen LogP contribution in [0.1, 0.15) is 32.1 Å². The third-order valence-electron chi connectivity index (χ3n) is 3.98. The van der Waals surface area contributed by atoms with Crippen LogP contribution in [0.3, 0.4) is 0 Å². The monoisotopic (exact) mass is 303 g/mol. The summed E-state index contributed by atoms with van der Waals surface area (Å²) in [6.45, 7) is 0. The minimum absolute atomic E-state index is 0.0557. The average Bonchev–Trinajstić information content (AvgIpc) is 2.97. The molecule has 0 bridgehead atoms. The van der Waals surface area contributed by atoms with Crippen LogP contribution in [-0.4, -0.2) is 10.7 Å². The SMILES string of the molecule is O=C(On1ccc(-c2ccc(Cl)cc2)c1)C1CCCCC1. The Hall–Kier alpha value is -1.74. The maximum atomic E-state index is 12.1. The molecule has 1 aromatic heterocycles. The van der Waals surface area contributed by atoms with E-state index in [-0.39, 0.29) is 11.9 Å². The molecule has 4 heteroatoms. The van der Waals surface area contributed by atoms with Gasteiger partial charge in [-0.15, -0.1) is 0 Å². The van der Waals surface area contributed by atoms with E-state index in [1.54, 1.807) is 6.20 Å². The Balaban J connectivity index is 1.67. The van der Waals surface area contributed by atoms with Crippen LogP contribution < -0.4 is 4.84 Å². The first-order chi connectivity index (χ1) is 10.2. The second kappa shape index (κ2) is 6.35. The molecule has 1 saturated carbocycles. The zero-order valence-electron chi connectivity index (χ0n) is 11.8. The molecule has 2 aromatic rings. The fourth-order valence-electron chi connectivity index (χ4n) is 2.76. The van der Waals surface area contributed by atoms with Crippen LogP contribution in [-0.2, 0) is 4.79 Å². The maximum Gasteiger partial charge on any atom is 0.335 e. The van der Waals surface area contributed by atoms with E-state index < -0.39 is 0 Å². The second-order valence-corrected chi connectivity index (χ2v) is 5.95.